The zero-order chi connectivity index (χ0) is 22.6. The van der Waals surface area contributed by atoms with Gasteiger partial charge in [0.1, 0.15) is 10.6 Å². The van der Waals surface area contributed by atoms with Crippen LogP contribution in [0.3, 0.4) is 0 Å². The molecule has 0 aliphatic heterocycles. The summed E-state index contributed by atoms with van der Waals surface area (Å²) in [7, 11) is -3.60. The number of hydrogen-bond donors (Lipinski definition) is 2. The van der Waals surface area contributed by atoms with Crippen LogP contribution in [0.15, 0.2) is 47.9 Å². The molecule has 1 aromatic heterocycles. The van der Waals surface area contributed by atoms with Gasteiger partial charge in [0.2, 0.25) is 0 Å². The van der Waals surface area contributed by atoms with E-state index in [9.17, 15) is 22.0 Å². The molecule has 31 heavy (non-hydrogen) atoms. The first kappa shape index (κ1) is 23.4. The first-order valence-corrected chi connectivity index (χ1v) is 12.2. The summed E-state index contributed by atoms with van der Waals surface area (Å²) in [4.78, 5) is 12.6. The number of aliphatic hydroxyl groups is 1. The molecule has 1 saturated carbocycles. The van der Waals surface area contributed by atoms with Gasteiger partial charge in [-0.1, -0.05) is 24.3 Å². The summed E-state index contributed by atoms with van der Waals surface area (Å²) in [5.74, 6) is -3.70. The molecule has 1 fully saturated rings. The first-order chi connectivity index (χ1) is 14.6. The van der Waals surface area contributed by atoms with Crippen molar-refractivity contribution in [3.05, 3.63) is 57.6 Å². The Labute approximate surface area is 183 Å². The zero-order valence-electron chi connectivity index (χ0n) is 16.8. The van der Waals surface area contributed by atoms with Crippen LogP contribution in [-0.2, 0) is 15.8 Å². The number of amides is 1. The van der Waals surface area contributed by atoms with Crippen molar-refractivity contribution in [2.45, 2.75) is 31.7 Å². The monoisotopic (exact) mass is 471 g/mol. The standard InChI is InChI=1S/C21H23F2NO5S2/c1-21(22,23)18-13-17(29-15-5-3-2-4-6-15)19(30-18)20(26)24-16(14-7-8-14)9-11-31(27,28)12-10-25/h2-6,9,11,13-14,16,25H,7-8,10,12H2,1H3,(H,24,26)/b11-9+/t16-/m1/s1. The summed E-state index contributed by atoms with van der Waals surface area (Å²) in [5.41, 5.74) is 0. The number of aliphatic hydroxyl groups excluding tert-OH is 1. The van der Waals surface area contributed by atoms with Gasteiger partial charge in [-0.25, -0.2) is 17.2 Å². The van der Waals surface area contributed by atoms with Crippen LogP contribution in [0.1, 0.15) is 34.3 Å². The van der Waals surface area contributed by atoms with E-state index < -0.39 is 40.1 Å². The average Bonchev–Trinajstić information content (AvgIpc) is 3.44. The van der Waals surface area contributed by atoms with E-state index in [2.05, 4.69) is 5.32 Å². The lowest BCUT2D eigenvalue weighted by Crippen LogP contribution is -2.35. The largest absolute Gasteiger partial charge is 0.456 e. The minimum atomic E-state index is -3.60. The summed E-state index contributed by atoms with van der Waals surface area (Å²) < 4.78 is 57.2. The van der Waals surface area contributed by atoms with Crippen molar-refractivity contribution in [3.63, 3.8) is 0 Å². The van der Waals surface area contributed by atoms with Crippen LogP contribution in [-0.4, -0.2) is 37.8 Å². The molecule has 1 aromatic carbocycles. The van der Waals surface area contributed by atoms with E-state index in [1.165, 1.54) is 6.08 Å². The minimum Gasteiger partial charge on any atom is -0.456 e. The van der Waals surface area contributed by atoms with Crippen molar-refractivity contribution >= 4 is 27.1 Å². The number of alkyl halides is 2. The van der Waals surface area contributed by atoms with E-state index in [1.807, 2.05) is 0 Å². The van der Waals surface area contributed by atoms with Crippen LogP contribution in [0.2, 0.25) is 0 Å². The molecule has 1 heterocycles. The Bertz CT molecular complexity index is 1040. The van der Waals surface area contributed by atoms with Gasteiger partial charge < -0.3 is 15.2 Å². The fraction of sp³-hybridized carbons (Fsp3) is 0.381. The number of carbonyl (C=O) groups is 1. The van der Waals surface area contributed by atoms with Crippen molar-refractivity contribution in [3.8, 4) is 11.5 Å². The molecule has 10 heteroatoms. The molecule has 1 atom stereocenters. The molecule has 168 valence electrons. The first-order valence-electron chi connectivity index (χ1n) is 9.67. The van der Waals surface area contributed by atoms with E-state index in [-0.39, 0.29) is 21.4 Å². The van der Waals surface area contributed by atoms with Crippen molar-refractivity contribution < 1.29 is 31.8 Å². The fourth-order valence-corrected chi connectivity index (χ4v) is 4.55. The molecule has 1 aliphatic rings. The molecule has 1 amide bonds. The molecule has 0 bridgehead atoms. The maximum absolute atomic E-state index is 13.9. The fourth-order valence-electron chi connectivity index (χ4n) is 2.84. The molecule has 2 aromatic rings. The maximum Gasteiger partial charge on any atom is 0.279 e. The Morgan fingerprint density at radius 1 is 1.35 bits per heavy atom. The Morgan fingerprint density at radius 2 is 2.03 bits per heavy atom. The molecule has 6 nitrogen and oxygen atoms in total. The topological polar surface area (TPSA) is 92.7 Å². The molecule has 2 N–H and O–H groups in total. The molecule has 0 saturated heterocycles. The van der Waals surface area contributed by atoms with E-state index in [1.54, 1.807) is 30.3 Å². The van der Waals surface area contributed by atoms with Crippen molar-refractivity contribution in [1.82, 2.24) is 5.32 Å². The molecule has 0 radical (unpaired) electrons. The highest BCUT2D eigenvalue weighted by molar-refractivity contribution is 7.94. The lowest BCUT2D eigenvalue weighted by molar-refractivity contribution is 0.0214. The minimum absolute atomic E-state index is 0.0108. The van der Waals surface area contributed by atoms with Gasteiger partial charge in [-0.15, -0.1) is 11.3 Å². The van der Waals surface area contributed by atoms with Crippen molar-refractivity contribution in [2.24, 2.45) is 5.92 Å². The van der Waals surface area contributed by atoms with Gasteiger partial charge in [0.15, 0.2) is 15.6 Å². The highest BCUT2D eigenvalue weighted by Crippen LogP contribution is 2.41. The van der Waals surface area contributed by atoms with Gasteiger partial charge in [-0.3, -0.25) is 4.79 Å². The number of sulfone groups is 1. The van der Waals surface area contributed by atoms with E-state index in [4.69, 9.17) is 9.84 Å². The molecular weight excluding hydrogens is 448 g/mol. The lowest BCUT2D eigenvalue weighted by atomic mass is 10.2. The SMILES string of the molecule is CC(F)(F)c1cc(Oc2ccccc2)c(C(=O)N[C@H](/C=C/S(=O)(=O)CCO)C2CC2)s1. The number of halogens is 2. The van der Waals surface area contributed by atoms with Gasteiger partial charge in [0, 0.05) is 18.4 Å². The third-order valence-corrected chi connectivity index (χ3v) is 7.21. The predicted molar refractivity (Wildman–Crippen MR) is 114 cm³/mol. The van der Waals surface area contributed by atoms with Gasteiger partial charge >= 0.3 is 0 Å². The maximum atomic E-state index is 13.9. The van der Waals surface area contributed by atoms with E-state index in [0.717, 1.165) is 31.2 Å². The van der Waals surface area contributed by atoms with Crippen molar-refractivity contribution in [1.29, 1.82) is 0 Å². The van der Waals surface area contributed by atoms with Crippen LogP contribution < -0.4 is 10.1 Å². The number of ether oxygens (including phenoxy) is 1. The second-order valence-electron chi connectivity index (χ2n) is 7.36. The molecule has 3 rings (SSSR count). The summed E-state index contributed by atoms with van der Waals surface area (Å²) in [6.45, 7) is 0.241. The summed E-state index contributed by atoms with van der Waals surface area (Å²) in [6, 6.07) is 9.08. The molecule has 0 unspecified atom stereocenters. The van der Waals surface area contributed by atoms with Gasteiger partial charge in [-0.05, 0) is 30.9 Å². The third kappa shape index (κ3) is 6.59. The Balaban J connectivity index is 1.85. The van der Waals surface area contributed by atoms with Gasteiger partial charge in [0.05, 0.1) is 23.3 Å². The summed E-state index contributed by atoms with van der Waals surface area (Å²) >= 11 is 0.637. The predicted octanol–water partition coefficient (Wildman–Crippen LogP) is 4.08. The lowest BCUT2D eigenvalue weighted by Gasteiger charge is -2.14. The van der Waals surface area contributed by atoms with Crippen LogP contribution in [0, 0.1) is 5.92 Å². The van der Waals surface area contributed by atoms with E-state index >= 15 is 0 Å². The van der Waals surface area contributed by atoms with Crippen LogP contribution in [0.4, 0.5) is 8.78 Å². The Kier molecular flexibility index (Phi) is 7.13. The number of rotatable bonds is 10. The van der Waals surface area contributed by atoms with Crippen LogP contribution in [0.5, 0.6) is 11.5 Å². The number of benzene rings is 1. The highest BCUT2D eigenvalue weighted by atomic mass is 32.2. The van der Waals surface area contributed by atoms with Crippen molar-refractivity contribution in [2.75, 3.05) is 12.4 Å². The number of carbonyl (C=O) groups excluding carboxylic acids is 1. The van der Waals surface area contributed by atoms with Gasteiger partial charge in [-0.2, -0.15) is 0 Å². The second-order valence-corrected chi connectivity index (χ2v) is 10.4. The molecule has 1 aliphatic carbocycles. The number of thiophene rings is 1. The number of nitrogens with one attached hydrogen (secondary N) is 1. The number of para-hydroxylation sites is 1. The van der Waals surface area contributed by atoms with E-state index in [0.29, 0.717) is 17.1 Å². The van der Waals surface area contributed by atoms with Crippen LogP contribution >= 0.6 is 11.3 Å². The smallest absolute Gasteiger partial charge is 0.279 e. The highest BCUT2D eigenvalue weighted by Gasteiger charge is 2.34. The summed E-state index contributed by atoms with van der Waals surface area (Å²) in [5, 5.41) is 12.6. The number of hydrogen-bond acceptors (Lipinski definition) is 6. The van der Waals surface area contributed by atoms with Gasteiger partial charge in [0.25, 0.3) is 11.8 Å². The Hall–Kier alpha value is -2.30. The molecule has 0 spiro atoms. The normalized spacial score (nSPS) is 15.7. The quantitative estimate of drug-likeness (QED) is 0.545. The third-order valence-electron chi connectivity index (χ3n) is 4.60. The molecular formula is C21H23F2NO5S2. The summed E-state index contributed by atoms with van der Waals surface area (Å²) in [6.07, 6.45) is 3.00. The second kappa shape index (κ2) is 9.46. The Morgan fingerprint density at radius 3 is 2.61 bits per heavy atom. The van der Waals surface area contributed by atoms with Crippen LogP contribution in [0.25, 0.3) is 0 Å². The zero-order valence-corrected chi connectivity index (χ0v) is 18.4. The average molecular weight is 472 g/mol.